The van der Waals surface area contributed by atoms with Gasteiger partial charge in [-0.25, -0.2) is 0 Å². The monoisotopic (exact) mass is 282 g/mol. The smallest absolute Gasteiger partial charge is 0.138 e. The van der Waals surface area contributed by atoms with Gasteiger partial charge in [-0.05, 0) is 31.5 Å². The highest BCUT2D eigenvalue weighted by Crippen LogP contribution is 2.31. The molecule has 0 amide bonds. The van der Waals surface area contributed by atoms with E-state index in [0.29, 0.717) is 16.3 Å². The molecule has 1 aromatic rings. The number of alkyl halides is 2. The van der Waals surface area contributed by atoms with Crippen molar-refractivity contribution >= 4 is 34.8 Å². The summed E-state index contributed by atoms with van der Waals surface area (Å²) in [5.74, 6) is 0.577. The first-order valence-electron chi connectivity index (χ1n) is 4.84. The highest BCUT2D eigenvalue weighted by molar-refractivity contribution is 6.44. The molecule has 1 aromatic carbocycles. The molecule has 1 N–H and O–H groups in total. The Morgan fingerprint density at radius 1 is 1.25 bits per heavy atom. The summed E-state index contributed by atoms with van der Waals surface area (Å²) in [5, 5.41) is 10.1. The lowest BCUT2D eigenvalue weighted by Crippen LogP contribution is -2.08. The molecule has 0 heterocycles. The van der Waals surface area contributed by atoms with Crippen molar-refractivity contribution in [3.63, 3.8) is 0 Å². The average molecular weight is 284 g/mol. The third-order valence-electron chi connectivity index (χ3n) is 1.90. The van der Waals surface area contributed by atoms with Gasteiger partial charge in [0.2, 0.25) is 0 Å². The minimum Gasteiger partial charge on any atom is -0.489 e. The zero-order valence-corrected chi connectivity index (χ0v) is 11.2. The zero-order valence-electron chi connectivity index (χ0n) is 8.95. The van der Waals surface area contributed by atoms with Gasteiger partial charge >= 0.3 is 0 Å². The van der Waals surface area contributed by atoms with Gasteiger partial charge in [-0.15, -0.1) is 23.2 Å². The van der Waals surface area contributed by atoms with Gasteiger partial charge < -0.3 is 9.84 Å². The van der Waals surface area contributed by atoms with E-state index in [2.05, 4.69) is 0 Å². The summed E-state index contributed by atoms with van der Waals surface area (Å²) in [4.78, 5) is -0.882. The predicted molar refractivity (Wildman–Crippen MR) is 67.7 cm³/mol. The summed E-state index contributed by atoms with van der Waals surface area (Å²) in [7, 11) is 0. The van der Waals surface area contributed by atoms with Gasteiger partial charge in [0.25, 0.3) is 0 Å². The molecular formula is C11H13Cl3O2. The predicted octanol–water partition coefficient (Wildman–Crippen LogP) is 3.96. The van der Waals surface area contributed by atoms with Crippen molar-refractivity contribution in [1.82, 2.24) is 0 Å². The van der Waals surface area contributed by atoms with E-state index in [1.54, 1.807) is 18.2 Å². The molecule has 0 aromatic heterocycles. The first-order chi connectivity index (χ1) is 7.41. The van der Waals surface area contributed by atoms with Crippen LogP contribution in [0, 0.1) is 0 Å². The molecule has 0 spiro atoms. The third-order valence-corrected chi connectivity index (χ3v) is 2.67. The van der Waals surface area contributed by atoms with Crippen molar-refractivity contribution in [2.24, 2.45) is 0 Å². The summed E-state index contributed by atoms with van der Waals surface area (Å²) in [6.45, 7) is 3.82. The van der Waals surface area contributed by atoms with E-state index in [0.717, 1.165) is 0 Å². The van der Waals surface area contributed by atoms with Gasteiger partial charge in [-0.1, -0.05) is 17.7 Å². The van der Waals surface area contributed by atoms with Crippen LogP contribution < -0.4 is 4.74 Å². The van der Waals surface area contributed by atoms with Crippen molar-refractivity contribution in [2.45, 2.75) is 30.9 Å². The second kappa shape index (κ2) is 5.97. The quantitative estimate of drug-likeness (QED) is 0.848. The Kier molecular flexibility index (Phi) is 5.19. The normalized spacial score (nSPS) is 13.2. The fraction of sp³-hybridized carbons (Fsp3) is 0.455. The molecule has 16 heavy (non-hydrogen) atoms. The van der Waals surface area contributed by atoms with E-state index in [-0.39, 0.29) is 6.10 Å². The highest BCUT2D eigenvalue weighted by Gasteiger charge is 2.17. The van der Waals surface area contributed by atoms with Crippen LogP contribution in [0.5, 0.6) is 5.75 Å². The fourth-order valence-electron chi connectivity index (χ4n) is 1.20. The third kappa shape index (κ3) is 3.70. The molecule has 0 aliphatic rings. The summed E-state index contributed by atoms with van der Waals surface area (Å²) >= 11 is 17.2. The van der Waals surface area contributed by atoms with Gasteiger partial charge in [-0.2, -0.15) is 0 Å². The van der Waals surface area contributed by atoms with Crippen molar-refractivity contribution < 1.29 is 9.84 Å². The fourth-order valence-corrected chi connectivity index (χ4v) is 1.72. The minimum atomic E-state index is -0.950. The molecule has 1 atom stereocenters. The van der Waals surface area contributed by atoms with Crippen LogP contribution >= 0.6 is 34.8 Å². The number of halogens is 3. The summed E-state index contributed by atoms with van der Waals surface area (Å²) in [6, 6.07) is 4.98. The second-order valence-corrected chi connectivity index (χ2v) is 5.21. The average Bonchev–Trinajstić information content (AvgIpc) is 2.19. The number of hydrogen-bond donors (Lipinski definition) is 1. The van der Waals surface area contributed by atoms with Gasteiger partial charge in [0.05, 0.1) is 11.1 Å². The van der Waals surface area contributed by atoms with Gasteiger partial charge in [-0.3, -0.25) is 0 Å². The van der Waals surface area contributed by atoms with Crippen molar-refractivity contribution in [2.75, 3.05) is 0 Å². The molecule has 5 heteroatoms. The van der Waals surface area contributed by atoms with E-state index < -0.39 is 10.9 Å². The van der Waals surface area contributed by atoms with Crippen molar-refractivity contribution in [1.29, 1.82) is 0 Å². The second-order valence-electron chi connectivity index (χ2n) is 3.64. The largest absolute Gasteiger partial charge is 0.489 e. The van der Waals surface area contributed by atoms with Crippen LogP contribution in [-0.4, -0.2) is 16.0 Å². The Balaban J connectivity index is 2.90. The van der Waals surface area contributed by atoms with Crippen LogP contribution in [0.15, 0.2) is 18.2 Å². The minimum absolute atomic E-state index is 0.0436. The van der Waals surface area contributed by atoms with E-state index in [1.807, 2.05) is 13.8 Å². The van der Waals surface area contributed by atoms with Gasteiger partial charge in [0, 0.05) is 0 Å². The molecule has 1 unspecified atom stereocenters. The summed E-state index contributed by atoms with van der Waals surface area (Å²) < 4.78 is 5.46. The Bertz CT molecular complexity index is 353. The Labute approximate surface area is 110 Å². The number of aliphatic hydroxyl groups is 1. The molecular weight excluding hydrogens is 270 g/mol. The van der Waals surface area contributed by atoms with E-state index >= 15 is 0 Å². The highest BCUT2D eigenvalue weighted by atomic mass is 35.5. The summed E-state index contributed by atoms with van der Waals surface area (Å²) in [5.41, 5.74) is 0.566. The number of rotatable bonds is 4. The molecule has 2 nitrogen and oxygen atoms in total. The molecule has 90 valence electrons. The van der Waals surface area contributed by atoms with Gasteiger partial charge in [0.1, 0.15) is 16.7 Å². The number of aliphatic hydroxyl groups excluding tert-OH is 1. The SMILES string of the molecule is CC(C)Oc1ccc(C(O)C(Cl)Cl)cc1Cl. The lowest BCUT2D eigenvalue weighted by Gasteiger charge is -2.15. The first kappa shape index (κ1) is 13.9. The number of benzene rings is 1. The lowest BCUT2D eigenvalue weighted by molar-refractivity contribution is 0.192. The molecule has 0 aliphatic carbocycles. The van der Waals surface area contributed by atoms with Crippen LogP contribution in [0.4, 0.5) is 0 Å². The lowest BCUT2D eigenvalue weighted by atomic mass is 10.1. The Morgan fingerprint density at radius 3 is 2.31 bits per heavy atom. The van der Waals surface area contributed by atoms with Crippen LogP contribution in [0.1, 0.15) is 25.5 Å². The number of ether oxygens (including phenoxy) is 1. The van der Waals surface area contributed by atoms with Crippen molar-refractivity contribution in [3.8, 4) is 5.75 Å². The molecule has 0 saturated heterocycles. The Morgan fingerprint density at radius 2 is 1.88 bits per heavy atom. The number of hydrogen-bond acceptors (Lipinski definition) is 2. The topological polar surface area (TPSA) is 29.5 Å². The van der Waals surface area contributed by atoms with Crippen LogP contribution in [0.3, 0.4) is 0 Å². The van der Waals surface area contributed by atoms with E-state index in [4.69, 9.17) is 39.5 Å². The van der Waals surface area contributed by atoms with Crippen molar-refractivity contribution in [3.05, 3.63) is 28.8 Å². The van der Waals surface area contributed by atoms with Crippen LogP contribution in [-0.2, 0) is 0 Å². The van der Waals surface area contributed by atoms with E-state index in [1.165, 1.54) is 0 Å². The Hall–Kier alpha value is -0.150. The molecule has 0 fully saturated rings. The van der Waals surface area contributed by atoms with E-state index in [9.17, 15) is 5.11 Å². The van der Waals surface area contributed by atoms with Crippen LogP contribution in [0.25, 0.3) is 0 Å². The zero-order chi connectivity index (χ0) is 12.3. The standard InChI is InChI=1S/C11H13Cl3O2/c1-6(2)16-9-4-3-7(5-8(9)12)10(15)11(13)14/h3-6,10-11,15H,1-2H3. The first-order valence-corrected chi connectivity index (χ1v) is 6.09. The summed E-state index contributed by atoms with van der Waals surface area (Å²) in [6.07, 6.45) is -0.906. The van der Waals surface area contributed by atoms with Crippen LogP contribution in [0.2, 0.25) is 5.02 Å². The molecule has 1 rings (SSSR count). The van der Waals surface area contributed by atoms with Gasteiger partial charge in [0.15, 0.2) is 0 Å². The molecule has 0 bridgehead atoms. The maximum absolute atomic E-state index is 9.63. The molecule has 0 aliphatic heterocycles. The maximum atomic E-state index is 9.63. The maximum Gasteiger partial charge on any atom is 0.138 e. The molecule has 0 radical (unpaired) electrons. The molecule has 0 saturated carbocycles.